The molecule has 0 saturated heterocycles. The molecule has 13 heteroatoms. The smallest absolute Gasteiger partial charge is 0.312 e. The number of hydrogen-bond acceptors (Lipinski definition) is 6. The second kappa shape index (κ2) is 9.97. The minimum atomic E-state index is -1.31. The average molecular weight is 552 g/mol. The van der Waals surface area contributed by atoms with Crippen LogP contribution in [0.2, 0.25) is 5.02 Å². The molecule has 0 radical (unpaired) electrons. The van der Waals surface area contributed by atoms with Crippen LogP contribution in [0.25, 0.3) is 0 Å². The molecule has 2 aromatic rings. The maximum atomic E-state index is 14.3. The molecular weight excluding hydrogens is 524 g/mol. The summed E-state index contributed by atoms with van der Waals surface area (Å²) in [6, 6.07) is 4.26. The molecule has 1 saturated carbocycles. The third-order valence-electron chi connectivity index (χ3n) is 7.70. The van der Waals surface area contributed by atoms with Crippen LogP contribution < -0.4 is 10.9 Å². The number of carbonyl (C=O) groups excluding carboxylic acids is 3. The number of benzene rings is 1. The molecule has 3 heterocycles. The molecule has 10 nitrogen and oxygen atoms in total. The zero-order valence-electron chi connectivity index (χ0n) is 21.2. The Bertz CT molecular complexity index is 1370. The number of hydrogen-bond donors (Lipinski definition) is 2. The van der Waals surface area contributed by atoms with Gasteiger partial charge in [-0.1, -0.05) is 23.7 Å². The van der Waals surface area contributed by atoms with Gasteiger partial charge >= 0.3 is 11.8 Å². The summed E-state index contributed by atoms with van der Waals surface area (Å²) >= 11 is 5.79. The summed E-state index contributed by atoms with van der Waals surface area (Å²) in [5.74, 6) is -4.33. The Kier molecular flexibility index (Phi) is 7.21. The highest BCUT2D eigenvalue weighted by atomic mass is 35.5. The molecule has 1 aromatic heterocycles. The van der Waals surface area contributed by atoms with Crippen LogP contribution in [0.1, 0.15) is 47.6 Å². The van der Waals surface area contributed by atoms with Crippen LogP contribution in [0.15, 0.2) is 23.0 Å². The van der Waals surface area contributed by atoms with Gasteiger partial charge in [0.1, 0.15) is 17.2 Å². The first-order valence-electron chi connectivity index (χ1n) is 12.0. The number of fused-ring (bicyclic) bond motifs is 2. The molecule has 3 amide bonds. The third kappa shape index (κ3) is 4.40. The Balaban J connectivity index is 1.80. The lowest BCUT2D eigenvalue weighted by Gasteiger charge is -2.45. The SMILES string of the molecule is CN(C)C(=O)C(=O)N(C)C12CCC(CF)(CC1)Cn1c2nc(C(=O)NCc2cccc(Cl)c2F)c(O)c1=O. The van der Waals surface area contributed by atoms with Crippen LogP contribution in [0.3, 0.4) is 0 Å². The number of nitrogens with one attached hydrogen (secondary N) is 1. The van der Waals surface area contributed by atoms with Gasteiger partial charge in [0, 0.05) is 45.2 Å². The van der Waals surface area contributed by atoms with Crippen LogP contribution in [-0.4, -0.2) is 70.0 Å². The zero-order chi connectivity index (χ0) is 28.0. The van der Waals surface area contributed by atoms with Gasteiger partial charge in [0.2, 0.25) is 5.75 Å². The Morgan fingerprint density at radius 2 is 1.82 bits per heavy atom. The fourth-order valence-electron chi connectivity index (χ4n) is 5.25. The Hall–Kier alpha value is -3.54. The van der Waals surface area contributed by atoms with Crippen LogP contribution in [0.5, 0.6) is 5.75 Å². The Morgan fingerprint density at radius 1 is 1.16 bits per heavy atom. The number of carbonyl (C=O) groups is 3. The van der Waals surface area contributed by atoms with E-state index >= 15 is 0 Å². The van der Waals surface area contributed by atoms with Crippen molar-refractivity contribution < 1.29 is 28.3 Å². The number of halogens is 3. The van der Waals surface area contributed by atoms with Gasteiger partial charge in [-0.3, -0.25) is 28.1 Å². The van der Waals surface area contributed by atoms with Crippen molar-refractivity contribution >= 4 is 29.3 Å². The number of amides is 3. The molecule has 38 heavy (non-hydrogen) atoms. The molecule has 0 spiro atoms. The van der Waals surface area contributed by atoms with E-state index in [0.29, 0.717) is 0 Å². The van der Waals surface area contributed by atoms with Crippen molar-refractivity contribution in [1.29, 1.82) is 0 Å². The molecule has 1 aromatic carbocycles. The average Bonchev–Trinajstić information content (AvgIpc) is 3.14. The van der Waals surface area contributed by atoms with Crippen molar-refractivity contribution in [2.75, 3.05) is 27.8 Å². The summed E-state index contributed by atoms with van der Waals surface area (Å²) in [6.45, 7) is -1.16. The first kappa shape index (κ1) is 27.5. The van der Waals surface area contributed by atoms with Crippen LogP contribution >= 0.6 is 11.6 Å². The summed E-state index contributed by atoms with van der Waals surface area (Å²) in [4.78, 5) is 58.7. The van der Waals surface area contributed by atoms with Gasteiger partial charge in [-0.05, 0) is 31.7 Å². The van der Waals surface area contributed by atoms with Gasteiger partial charge in [-0.25, -0.2) is 9.37 Å². The molecule has 5 rings (SSSR count). The summed E-state index contributed by atoms with van der Waals surface area (Å²) < 4.78 is 29.6. The fourth-order valence-corrected chi connectivity index (χ4v) is 5.44. The van der Waals surface area contributed by atoms with E-state index in [2.05, 4.69) is 10.3 Å². The molecule has 0 atom stereocenters. The van der Waals surface area contributed by atoms with Gasteiger partial charge in [-0.15, -0.1) is 0 Å². The van der Waals surface area contributed by atoms with E-state index < -0.39 is 58.2 Å². The molecule has 2 bridgehead atoms. The number of nitrogens with zero attached hydrogens (tertiary/aromatic N) is 4. The molecule has 204 valence electrons. The topological polar surface area (TPSA) is 125 Å². The van der Waals surface area contributed by atoms with E-state index in [1.54, 1.807) is 0 Å². The molecule has 2 aliphatic heterocycles. The third-order valence-corrected chi connectivity index (χ3v) is 7.99. The van der Waals surface area contributed by atoms with Gasteiger partial charge < -0.3 is 20.2 Å². The van der Waals surface area contributed by atoms with Gasteiger partial charge in [-0.2, -0.15) is 0 Å². The number of alkyl halides is 1. The maximum Gasteiger partial charge on any atom is 0.312 e. The largest absolute Gasteiger partial charge is 0.501 e. The summed E-state index contributed by atoms with van der Waals surface area (Å²) in [5.41, 5.74) is -3.75. The second-order valence-corrected chi connectivity index (χ2v) is 10.6. The van der Waals surface area contributed by atoms with Gasteiger partial charge in [0.05, 0.1) is 11.7 Å². The number of likely N-dealkylation sites (N-methyl/N-ethyl adjacent to an activating group) is 2. The molecular formula is C25H28ClF2N5O5. The van der Waals surface area contributed by atoms with Crippen LogP contribution in [-0.2, 0) is 28.2 Å². The minimum Gasteiger partial charge on any atom is -0.501 e. The van der Waals surface area contributed by atoms with Crippen LogP contribution in [0.4, 0.5) is 8.78 Å². The quantitative estimate of drug-likeness (QED) is 0.547. The summed E-state index contributed by atoms with van der Waals surface area (Å²) in [5, 5.41) is 13.0. The van der Waals surface area contributed by atoms with E-state index in [1.165, 1.54) is 44.2 Å². The van der Waals surface area contributed by atoms with Crippen molar-refractivity contribution in [3.8, 4) is 5.75 Å². The normalized spacial score (nSPS) is 21.8. The lowest BCUT2D eigenvalue weighted by Crippen LogP contribution is -2.54. The molecule has 0 unspecified atom stereocenters. The van der Waals surface area contributed by atoms with Gasteiger partial charge in [0.25, 0.3) is 11.5 Å². The standard InChI is InChI=1S/C25H28ClF2N5O5/c1-31(2)21(37)22(38)32(3)25-9-7-24(12-27,8-10-25)13-33-20(36)18(34)17(30-23(25)33)19(35)29-11-14-5-4-6-15(26)16(14)28/h4-6,34H,7-13H2,1-3H3,(H,29,35). The summed E-state index contributed by atoms with van der Waals surface area (Å²) in [6.07, 6.45) is 0.949. The minimum absolute atomic E-state index is 0.0189. The molecule has 3 aliphatic rings. The highest BCUT2D eigenvalue weighted by molar-refractivity contribution is 6.34. The molecule has 1 fully saturated rings. The predicted octanol–water partition coefficient (Wildman–Crippen LogP) is 1.96. The predicted molar refractivity (Wildman–Crippen MR) is 133 cm³/mol. The Labute approximate surface area is 222 Å². The molecule has 1 aliphatic carbocycles. The Morgan fingerprint density at radius 3 is 2.42 bits per heavy atom. The highest BCUT2D eigenvalue weighted by Gasteiger charge is 2.54. The lowest BCUT2D eigenvalue weighted by molar-refractivity contribution is -0.155. The monoisotopic (exact) mass is 551 g/mol. The second-order valence-electron chi connectivity index (χ2n) is 10.1. The number of rotatable bonds is 5. The summed E-state index contributed by atoms with van der Waals surface area (Å²) in [7, 11) is 4.25. The molecule has 2 N–H and O–H groups in total. The van der Waals surface area contributed by atoms with E-state index in [0.717, 1.165) is 9.47 Å². The maximum absolute atomic E-state index is 14.3. The van der Waals surface area contributed by atoms with Crippen molar-refractivity contribution in [3.05, 3.63) is 56.5 Å². The lowest BCUT2D eigenvalue weighted by atomic mass is 9.68. The fraction of sp³-hybridized carbons (Fsp3) is 0.480. The highest BCUT2D eigenvalue weighted by Crippen LogP contribution is 2.52. The van der Waals surface area contributed by atoms with E-state index in [1.807, 2.05) is 0 Å². The van der Waals surface area contributed by atoms with Crippen molar-refractivity contribution in [1.82, 2.24) is 24.7 Å². The first-order chi connectivity index (χ1) is 17.9. The van der Waals surface area contributed by atoms with Crippen molar-refractivity contribution in [2.24, 2.45) is 5.41 Å². The van der Waals surface area contributed by atoms with Crippen molar-refractivity contribution in [2.45, 2.75) is 44.3 Å². The number of aromatic nitrogens is 2. The van der Waals surface area contributed by atoms with E-state index in [9.17, 15) is 33.1 Å². The zero-order valence-corrected chi connectivity index (χ0v) is 21.9. The van der Waals surface area contributed by atoms with E-state index in [-0.39, 0.29) is 55.2 Å². The van der Waals surface area contributed by atoms with Crippen molar-refractivity contribution in [3.63, 3.8) is 0 Å². The number of aromatic hydroxyl groups is 1. The van der Waals surface area contributed by atoms with Crippen LogP contribution in [0, 0.1) is 11.2 Å². The van der Waals surface area contributed by atoms with Gasteiger partial charge in [0.15, 0.2) is 5.69 Å². The van der Waals surface area contributed by atoms with E-state index in [4.69, 9.17) is 11.6 Å². The first-order valence-corrected chi connectivity index (χ1v) is 12.4.